The standard InChI is InChI=1S/C23H24ClN3O2S/c1-2-20-23(29)27(13-12-26(20)11-3-4-17-6-8-22(24)30-17)15-16-5-7-18-19(14-16)25-10-9-21(18)28/h3-10,14,20H,2,11-13,15H2,1H3,(H,25,28). The molecule has 5 nitrogen and oxygen atoms in total. The molecule has 3 aromatic rings. The molecule has 1 aliphatic heterocycles. The van der Waals surface area contributed by atoms with Crippen molar-refractivity contribution in [2.75, 3.05) is 19.6 Å². The SMILES string of the molecule is CCC1C(=O)N(Cc2ccc3c(=O)cc[nH]c3c2)CCN1CC=Cc1ccc(Cl)s1. The van der Waals surface area contributed by atoms with Crippen molar-refractivity contribution in [1.82, 2.24) is 14.8 Å². The number of fused-ring (bicyclic) bond motifs is 1. The third kappa shape index (κ3) is 4.51. The van der Waals surface area contributed by atoms with Crippen molar-refractivity contribution in [3.63, 3.8) is 0 Å². The van der Waals surface area contributed by atoms with E-state index < -0.39 is 0 Å². The van der Waals surface area contributed by atoms with Gasteiger partial charge in [-0.1, -0.05) is 30.7 Å². The van der Waals surface area contributed by atoms with Gasteiger partial charge in [-0.15, -0.1) is 11.3 Å². The maximum Gasteiger partial charge on any atom is 0.240 e. The van der Waals surface area contributed by atoms with E-state index in [1.807, 2.05) is 35.2 Å². The molecule has 0 aliphatic carbocycles. The van der Waals surface area contributed by atoms with E-state index in [9.17, 15) is 9.59 Å². The van der Waals surface area contributed by atoms with Gasteiger partial charge in [0.2, 0.25) is 5.91 Å². The van der Waals surface area contributed by atoms with Gasteiger partial charge in [0.05, 0.1) is 10.4 Å². The van der Waals surface area contributed by atoms with Crippen LogP contribution in [0.15, 0.2) is 53.5 Å². The van der Waals surface area contributed by atoms with Gasteiger partial charge >= 0.3 is 0 Å². The van der Waals surface area contributed by atoms with Crippen LogP contribution in [0, 0.1) is 0 Å². The molecule has 30 heavy (non-hydrogen) atoms. The Hall–Kier alpha value is -2.41. The summed E-state index contributed by atoms with van der Waals surface area (Å²) in [5.74, 6) is 0.165. The number of rotatable bonds is 6. The Morgan fingerprint density at radius 1 is 1.20 bits per heavy atom. The van der Waals surface area contributed by atoms with Gasteiger partial charge in [0.15, 0.2) is 5.43 Å². The summed E-state index contributed by atoms with van der Waals surface area (Å²) >= 11 is 7.53. The van der Waals surface area contributed by atoms with Crippen molar-refractivity contribution in [2.24, 2.45) is 0 Å². The Kier molecular flexibility index (Phi) is 6.37. The van der Waals surface area contributed by atoms with Crippen LogP contribution in [0.25, 0.3) is 17.0 Å². The van der Waals surface area contributed by atoms with Crippen LogP contribution in [-0.4, -0.2) is 46.4 Å². The van der Waals surface area contributed by atoms with Gasteiger partial charge in [-0.25, -0.2) is 0 Å². The number of thiophene rings is 1. The summed E-state index contributed by atoms with van der Waals surface area (Å²) in [6.07, 6.45) is 6.60. The first-order valence-corrected chi connectivity index (χ1v) is 11.3. The highest BCUT2D eigenvalue weighted by atomic mass is 35.5. The molecule has 0 radical (unpaired) electrons. The maximum absolute atomic E-state index is 13.1. The predicted octanol–water partition coefficient (Wildman–Crippen LogP) is 4.38. The summed E-state index contributed by atoms with van der Waals surface area (Å²) in [6, 6.07) is 11.0. The lowest BCUT2D eigenvalue weighted by Crippen LogP contribution is -2.56. The van der Waals surface area contributed by atoms with Crippen LogP contribution >= 0.6 is 22.9 Å². The summed E-state index contributed by atoms with van der Waals surface area (Å²) in [6.45, 7) is 4.88. The van der Waals surface area contributed by atoms with Gasteiger partial charge < -0.3 is 9.88 Å². The van der Waals surface area contributed by atoms with Crippen LogP contribution in [0.1, 0.15) is 23.8 Å². The number of hydrogen-bond donors (Lipinski definition) is 1. The van der Waals surface area contributed by atoms with E-state index >= 15 is 0 Å². The molecule has 1 N–H and O–H groups in total. The van der Waals surface area contributed by atoms with Crippen LogP contribution in [0.3, 0.4) is 0 Å². The second-order valence-electron chi connectivity index (χ2n) is 7.44. The van der Waals surface area contributed by atoms with E-state index in [2.05, 4.69) is 29.0 Å². The highest BCUT2D eigenvalue weighted by Crippen LogP contribution is 2.23. The van der Waals surface area contributed by atoms with Crippen molar-refractivity contribution in [1.29, 1.82) is 0 Å². The molecule has 1 saturated heterocycles. The average Bonchev–Trinajstić information content (AvgIpc) is 3.15. The van der Waals surface area contributed by atoms with E-state index in [1.165, 1.54) is 6.07 Å². The number of carbonyl (C=O) groups is 1. The number of halogens is 1. The van der Waals surface area contributed by atoms with Gasteiger partial charge in [-0.2, -0.15) is 0 Å². The number of pyridine rings is 1. The van der Waals surface area contributed by atoms with Crippen molar-refractivity contribution in [2.45, 2.75) is 25.9 Å². The summed E-state index contributed by atoms with van der Waals surface area (Å²) in [7, 11) is 0. The molecular formula is C23H24ClN3O2S. The summed E-state index contributed by atoms with van der Waals surface area (Å²) in [5.41, 5.74) is 1.83. The number of nitrogens with zero attached hydrogens (tertiary/aromatic N) is 2. The number of carbonyl (C=O) groups excluding carboxylic acids is 1. The minimum Gasteiger partial charge on any atom is -0.361 e. The Morgan fingerprint density at radius 3 is 2.83 bits per heavy atom. The quantitative estimate of drug-likeness (QED) is 0.617. The van der Waals surface area contributed by atoms with E-state index in [-0.39, 0.29) is 17.4 Å². The molecule has 1 atom stereocenters. The highest BCUT2D eigenvalue weighted by molar-refractivity contribution is 7.16. The molecule has 1 fully saturated rings. The number of aromatic nitrogens is 1. The zero-order chi connectivity index (χ0) is 21.1. The molecular weight excluding hydrogens is 418 g/mol. The minimum atomic E-state index is -0.115. The van der Waals surface area contributed by atoms with Crippen LogP contribution < -0.4 is 5.43 Å². The Morgan fingerprint density at radius 2 is 2.07 bits per heavy atom. The largest absolute Gasteiger partial charge is 0.361 e. The third-order valence-electron chi connectivity index (χ3n) is 5.49. The van der Waals surface area contributed by atoms with Crippen molar-refractivity contribution in [3.8, 4) is 0 Å². The number of amides is 1. The van der Waals surface area contributed by atoms with Gasteiger partial charge in [-0.05, 0) is 42.3 Å². The topological polar surface area (TPSA) is 56.4 Å². The number of hydrogen-bond acceptors (Lipinski definition) is 4. The van der Waals surface area contributed by atoms with Crippen LogP contribution in [0.2, 0.25) is 4.34 Å². The van der Waals surface area contributed by atoms with Crippen molar-refractivity contribution in [3.05, 3.63) is 73.7 Å². The van der Waals surface area contributed by atoms with E-state index in [1.54, 1.807) is 17.5 Å². The van der Waals surface area contributed by atoms with Crippen molar-refractivity contribution >= 4 is 45.8 Å². The van der Waals surface area contributed by atoms with Crippen molar-refractivity contribution < 1.29 is 4.79 Å². The first-order chi connectivity index (χ1) is 14.5. The third-order valence-corrected chi connectivity index (χ3v) is 6.69. The zero-order valence-corrected chi connectivity index (χ0v) is 18.4. The molecule has 4 rings (SSSR count). The first kappa shape index (κ1) is 20.8. The molecule has 1 aromatic carbocycles. The molecule has 7 heteroatoms. The number of nitrogens with one attached hydrogen (secondary N) is 1. The fourth-order valence-corrected chi connectivity index (χ4v) is 4.95. The molecule has 156 valence electrons. The summed E-state index contributed by atoms with van der Waals surface area (Å²) in [4.78, 5) is 33.4. The second kappa shape index (κ2) is 9.16. The normalized spacial score (nSPS) is 18.0. The molecule has 0 bridgehead atoms. The Labute approximate surface area is 184 Å². The molecule has 2 aromatic heterocycles. The van der Waals surface area contributed by atoms with Gasteiger partial charge in [0.1, 0.15) is 0 Å². The van der Waals surface area contributed by atoms with Crippen LogP contribution in [-0.2, 0) is 11.3 Å². The first-order valence-electron chi connectivity index (χ1n) is 10.1. The Balaban J connectivity index is 1.42. The smallest absolute Gasteiger partial charge is 0.240 e. The minimum absolute atomic E-state index is 0.00362. The number of benzene rings is 1. The monoisotopic (exact) mass is 441 g/mol. The summed E-state index contributed by atoms with van der Waals surface area (Å²) < 4.78 is 0.780. The van der Waals surface area contributed by atoms with Gasteiger partial charge in [0.25, 0.3) is 0 Å². The molecule has 0 spiro atoms. The second-order valence-corrected chi connectivity index (χ2v) is 9.19. The fraction of sp³-hybridized carbons (Fsp3) is 0.304. The van der Waals surface area contributed by atoms with E-state index in [0.29, 0.717) is 18.5 Å². The summed E-state index contributed by atoms with van der Waals surface area (Å²) in [5, 5.41) is 0.669. The van der Waals surface area contributed by atoms with Crippen LogP contribution in [0.5, 0.6) is 0 Å². The zero-order valence-electron chi connectivity index (χ0n) is 16.8. The molecule has 0 saturated carbocycles. The van der Waals surface area contributed by atoms with Gasteiger partial charge in [-0.3, -0.25) is 14.5 Å². The highest BCUT2D eigenvalue weighted by Gasteiger charge is 2.32. The average molecular weight is 442 g/mol. The molecule has 3 heterocycles. The number of aromatic amines is 1. The maximum atomic E-state index is 13.1. The lowest BCUT2D eigenvalue weighted by Gasteiger charge is -2.40. The van der Waals surface area contributed by atoms with E-state index in [0.717, 1.165) is 39.8 Å². The number of H-pyrrole nitrogens is 1. The predicted molar refractivity (Wildman–Crippen MR) is 124 cm³/mol. The fourth-order valence-electron chi connectivity index (χ4n) is 3.95. The molecule has 1 aliphatic rings. The van der Waals surface area contributed by atoms with Crippen LogP contribution in [0.4, 0.5) is 0 Å². The molecule has 1 amide bonds. The number of piperazine rings is 1. The lowest BCUT2D eigenvalue weighted by atomic mass is 10.1. The van der Waals surface area contributed by atoms with Gasteiger partial charge in [0, 0.05) is 54.2 Å². The van der Waals surface area contributed by atoms with E-state index in [4.69, 9.17) is 11.6 Å². The Bertz CT molecular complexity index is 1140. The lowest BCUT2D eigenvalue weighted by molar-refractivity contribution is -0.142. The molecule has 1 unspecified atom stereocenters.